The number of hydrogen-bond donors (Lipinski definition) is 3. The summed E-state index contributed by atoms with van der Waals surface area (Å²) >= 11 is 0. The van der Waals surface area contributed by atoms with Crippen molar-refractivity contribution in [1.82, 2.24) is 30.6 Å². The van der Waals surface area contributed by atoms with Crippen LogP contribution in [0.4, 0.5) is 4.79 Å². The van der Waals surface area contributed by atoms with Crippen LogP contribution >= 0.6 is 0 Å². The summed E-state index contributed by atoms with van der Waals surface area (Å²) in [6.45, 7) is 4.87. The van der Waals surface area contributed by atoms with Crippen molar-refractivity contribution in [3.8, 4) is 0 Å². The molecule has 3 atom stereocenters. The molecule has 38 heavy (non-hydrogen) atoms. The highest BCUT2D eigenvalue weighted by Crippen LogP contribution is 2.33. The van der Waals surface area contributed by atoms with Crippen LogP contribution < -0.4 is 10.6 Å². The van der Waals surface area contributed by atoms with Crippen LogP contribution in [0, 0.1) is 18.8 Å². The van der Waals surface area contributed by atoms with Gasteiger partial charge in [-0.3, -0.25) is 19.7 Å². The molecule has 0 radical (unpaired) electrons. The van der Waals surface area contributed by atoms with Crippen LogP contribution in [0.1, 0.15) is 30.9 Å². The number of urea groups is 1. The Bertz CT molecular complexity index is 1350. The monoisotopic (exact) mass is 517 g/mol. The van der Waals surface area contributed by atoms with E-state index >= 15 is 0 Å². The molecule has 1 spiro atoms. The Balaban J connectivity index is 1.26. The van der Waals surface area contributed by atoms with Gasteiger partial charge in [-0.05, 0) is 42.9 Å². The van der Waals surface area contributed by atoms with Gasteiger partial charge < -0.3 is 20.4 Å². The van der Waals surface area contributed by atoms with Gasteiger partial charge in [0.15, 0.2) is 0 Å². The van der Waals surface area contributed by atoms with E-state index in [-0.39, 0.29) is 29.7 Å². The van der Waals surface area contributed by atoms with E-state index in [1.165, 1.54) is 4.90 Å². The maximum absolute atomic E-state index is 13.3. The highest BCUT2D eigenvalue weighted by molar-refractivity contribution is 6.10. The first-order valence-corrected chi connectivity index (χ1v) is 13.1. The van der Waals surface area contributed by atoms with Crippen molar-refractivity contribution in [3.05, 3.63) is 53.8 Å². The van der Waals surface area contributed by atoms with Gasteiger partial charge in [0.05, 0.1) is 11.7 Å². The van der Waals surface area contributed by atoms with Gasteiger partial charge in [-0.25, -0.2) is 4.79 Å². The summed E-state index contributed by atoms with van der Waals surface area (Å²) in [5, 5.41) is 14.0. The van der Waals surface area contributed by atoms with Crippen molar-refractivity contribution in [2.24, 2.45) is 16.8 Å². The maximum atomic E-state index is 13.3. The molecule has 3 N–H and O–H groups in total. The van der Waals surface area contributed by atoms with E-state index in [1.54, 1.807) is 25.2 Å². The first-order valence-electron chi connectivity index (χ1n) is 13.1. The third-order valence-electron chi connectivity index (χ3n) is 7.89. The lowest BCUT2D eigenvalue weighted by Gasteiger charge is -2.36. The van der Waals surface area contributed by atoms with Crippen LogP contribution in [0.5, 0.6) is 0 Å². The van der Waals surface area contributed by atoms with Gasteiger partial charge in [0, 0.05) is 44.9 Å². The zero-order valence-corrected chi connectivity index (χ0v) is 22.3. The van der Waals surface area contributed by atoms with Crippen LogP contribution in [0.25, 0.3) is 10.9 Å². The van der Waals surface area contributed by atoms with E-state index in [4.69, 9.17) is 4.99 Å². The second-order valence-electron chi connectivity index (χ2n) is 10.8. The first-order chi connectivity index (χ1) is 18.2. The minimum absolute atomic E-state index is 0.0485. The van der Waals surface area contributed by atoms with Gasteiger partial charge >= 0.3 is 6.03 Å². The molecule has 5 rings (SSSR count). The zero-order chi connectivity index (χ0) is 27.0. The molecule has 2 unspecified atom stereocenters. The van der Waals surface area contributed by atoms with Crippen LogP contribution in [0.3, 0.4) is 0 Å². The van der Waals surface area contributed by atoms with Crippen molar-refractivity contribution in [2.45, 2.75) is 44.7 Å². The molecule has 2 aromatic rings. The maximum Gasteiger partial charge on any atom is 0.318 e. The van der Waals surface area contributed by atoms with Crippen molar-refractivity contribution in [1.29, 1.82) is 0 Å². The number of allylic oxidation sites excluding steroid dienone is 3. The number of aromatic amines is 1. The van der Waals surface area contributed by atoms with Crippen LogP contribution in [0.2, 0.25) is 0 Å². The number of piperidine rings is 1. The number of fused-ring (bicyclic) bond motifs is 1. The van der Waals surface area contributed by atoms with Crippen molar-refractivity contribution in [3.63, 3.8) is 0 Å². The molecule has 0 saturated carbocycles. The number of aliphatic imine (C=N–C) groups is 1. The second kappa shape index (κ2) is 10.1. The molecular weight excluding hydrogens is 482 g/mol. The summed E-state index contributed by atoms with van der Waals surface area (Å²) in [7, 11) is 3.37. The number of carbonyl (C=O) groups is 3. The normalized spacial score (nSPS) is 22.9. The molecule has 10 heteroatoms. The van der Waals surface area contributed by atoms with E-state index in [0.717, 1.165) is 22.0 Å². The number of carbonyl (C=O) groups excluding carboxylic acids is 3. The van der Waals surface area contributed by atoms with Gasteiger partial charge in [0.1, 0.15) is 17.4 Å². The summed E-state index contributed by atoms with van der Waals surface area (Å²) in [5.41, 5.74) is 2.10. The Morgan fingerprint density at radius 3 is 2.66 bits per heavy atom. The quantitative estimate of drug-likeness (QED) is 0.563. The summed E-state index contributed by atoms with van der Waals surface area (Å²) in [5.74, 6) is 0.748. The third kappa shape index (κ3) is 4.82. The number of hydrogen-bond acceptors (Lipinski definition) is 5. The molecule has 1 aliphatic carbocycles. The summed E-state index contributed by atoms with van der Waals surface area (Å²) in [4.78, 5) is 47.3. The number of rotatable bonds is 5. The Morgan fingerprint density at radius 1 is 1.21 bits per heavy atom. The number of H-pyrrole nitrogens is 1. The van der Waals surface area contributed by atoms with Gasteiger partial charge in [-0.1, -0.05) is 37.3 Å². The van der Waals surface area contributed by atoms with E-state index in [0.29, 0.717) is 38.2 Å². The van der Waals surface area contributed by atoms with E-state index in [2.05, 4.69) is 39.9 Å². The molecule has 1 saturated heterocycles. The lowest BCUT2D eigenvalue weighted by molar-refractivity contribution is -0.130. The Hall–Kier alpha value is -3.95. The number of aryl methyl sites for hydroxylation is 1. The molecule has 2 aliphatic heterocycles. The number of likely N-dealkylation sites (tertiary alicyclic amines) is 1. The molecule has 10 nitrogen and oxygen atoms in total. The minimum Gasteiger partial charge on any atom is -0.347 e. The number of benzene rings is 1. The third-order valence-corrected chi connectivity index (χ3v) is 7.89. The standard InChI is InChI=1S/C28H35N7O3/c1-17-7-5-6-8-21(17)24-31-26(37)28(32-24)9-11-35(12-10-28)27(38)30-22(25(36)34(3)4)15-19-13-18(2)23-20(14-19)16-29-33-23/h5-8,13-14,16-17,21-22H,9-12,15H2,1-4H3,(H,29,33)(H,30,38)(H,31,32,37)/t17-,21?,22?/m0/s1. The average Bonchev–Trinajstić information content (AvgIpc) is 3.49. The molecule has 1 aromatic heterocycles. The smallest absolute Gasteiger partial charge is 0.318 e. The van der Waals surface area contributed by atoms with Crippen LogP contribution in [-0.4, -0.2) is 82.4 Å². The summed E-state index contributed by atoms with van der Waals surface area (Å²) in [6.07, 6.45) is 11.2. The van der Waals surface area contributed by atoms with Crippen LogP contribution in [-0.2, 0) is 16.0 Å². The SMILES string of the molecule is Cc1cc(CC(NC(=O)N2CCC3(CC2)N=C(C2C=CC=C[C@@H]2C)NC3=O)C(=O)N(C)C)cc2cn[nH]c12. The number of likely N-dealkylation sites (N-methyl/N-ethyl adjacent to an activating group) is 1. The predicted molar refractivity (Wildman–Crippen MR) is 146 cm³/mol. The number of nitrogens with one attached hydrogen (secondary N) is 3. The van der Waals surface area contributed by atoms with Gasteiger partial charge in [0.25, 0.3) is 5.91 Å². The Labute approximate surface area is 222 Å². The predicted octanol–water partition coefficient (Wildman–Crippen LogP) is 2.32. The lowest BCUT2D eigenvalue weighted by Crippen LogP contribution is -2.56. The Morgan fingerprint density at radius 2 is 1.95 bits per heavy atom. The Kier molecular flexibility index (Phi) is 6.81. The summed E-state index contributed by atoms with van der Waals surface area (Å²) < 4.78 is 0. The van der Waals surface area contributed by atoms with Crippen molar-refractivity contribution in [2.75, 3.05) is 27.2 Å². The average molecular weight is 518 g/mol. The molecule has 1 aromatic carbocycles. The number of aromatic nitrogens is 2. The fourth-order valence-electron chi connectivity index (χ4n) is 5.59. The molecule has 3 aliphatic rings. The van der Waals surface area contributed by atoms with Crippen LogP contribution in [0.15, 0.2) is 47.6 Å². The largest absolute Gasteiger partial charge is 0.347 e. The fraction of sp³-hybridized carbons (Fsp3) is 0.464. The first kappa shape index (κ1) is 25.7. The lowest BCUT2D eigenvalue weighted by atomic mass is 9.88. The molecule has 4 amide bonds. The highest BCUT2D eigenvalue weighted by atomic mass is 16.2. The molecule has 0 bridgehead atoms. The molecular formula is C28H35N7O3. The topological polar surface area (TPSA) is 123 Å². The number of amidine groups is 1. The van der Waals surface area contributed by atoms with Crippen molar-refractivity contribution < 1.29 is 14.4 Å². The van der Waals surface area contributed by atoms with E-state index in [1.807, 2.05) is 31.2 Å². The number of nitrogens with zero attached hydrogens (tertiary/aromatic N) is 4. The second-order valence-corrected chi connectivity index (χ2v) is 10.8. The summed E-state index contributed by atoms with van der Waals surface area (Å²) in [6, 6.07) is 2.98. The van der Waals surface area contributed by atoms with Gasteiger partial charge in [-0.15, -0.1) is 0 Å². The van der Waals surface area contributed by atoms with Gasteiger partial charge in [0.2, 0.25) is 5.91 Å². The zero-order valence-electron chi connectivity index (χ0n) is 22.3. The highest BCUT2D eigenvalue weighted by Gasteiger charge is 2.47. The molecule has 1 fully saturated rings. The molecule has 3 heterocycles. The van der Waals surface area contributed by atoms with Crippen molar-refractivity contribution >= 4 is 34.6 Å². The van der Waals surface area contributed by atoms with E-state index < -0.39 is 11.6 Å². The van der Waals surface area contributed by atoms with E-state index in [9.17, 15) is 14.4 Å². The molecule has 200 valence electrons. The van der Waals surface area contributed by atoms with Gasteiger partial charge in [-0.2, -0.15) is 5.10 Å². The fourth-order valence-corrected chi connectivity index (χ4v) is 5.59. The minimum atomic E-state index is -0.836. The number of amides is 4.